The molecule has 0 N–H and O–H groups in total. The third-order valence-electron chi connectivity index (χ3n) is 17.4. The van der Waals surface area contributed by atoms with Crippen molar-refractivity contribution in [3.8, 4) is 0 Å². The van der Waals surface area contributed by atoms with Crippen LogP contribution in [0.25, 0.3) is 0 Å². The van der Waals surface area contributed by atoms with Gasteiger partial charge in [-0.1, -0.05) is 359 Å². The molecule has 0 aromatic heterocycles. The second-order valence-electron chi connectivity index (χ2n) is 27.9. The summed E-state index contributed by atoms with van der Waals surface area (Å²) in [5.41, 5.74) is 0. The lowest BCUT2D eigenvalue weighted by atomic mass is 10.0. The third kappa shape index (κ3) is 78.6. The number of allylic oxidation sites excluding steroid dienone is 22. The van der Waals surface area contributed by atoms with Crippen LogP contribution in [0.15, 0.2) is 134 Å². The van der Waals surface area contributed by atoms with Crippen molar-refractivity contribution in [1.82, 2.24) is 0 Å². The Morgan fingerprint density at radius 3 is 0.825 bits per heavy atom. The zero-order valence-electron chi connectivity index (χ0n) is 63.7. The van der Waals surface area contributed by atoms with E-state index in [1.165, 1.54) is 205 Å². The average molecular weight is 1350 g/mol. The molecule has 0 spiro atoms. The van der Waals surface area contributed by atoms with Gasteiger partial charge >= 0.3 is 11.9 Å². The molecule has 0 aliphatic carbocycles. The van der Waals surface area contributed by atoms with Crippen LogP contribution in [0.4, 0.5) is 0 Å². The number of carboxylic acids is 1. The Balaban J connectivity index is 4.02. The van der Waals surface area contributed by atoms with E-state index in [-0.39, 0.29) is 32.2 Å². The quantitative estimate of drug-likeness (QED) is 0.0195. The van der Waals surface area contributed by atoms with Gasteiger partial charge < -0.3 is 33.3 Å². The largest absolute Gasteiger partial charge is 0.545 e. The number of nitrogens with zero attached hydrogens (tertiary/aromatic N) is 1. The van der Waals surface area contributed by atoms with Crippen molar-refractivity contribution in [1.29, 1.82) is 0 Å². The summed E-state index contributed by atoms with van der Waals surface area (Å²) < 4.78 is 22.9. The van der Waals surface area contributed by atoms with Crippen molar-refractivity contribution in [2.75, 3.05) is 47.5 Å². The first kappa shape index (κ1) is 92.4. The number of hydrogen-bond donors (Lipinski definition) is 0. The molecule has 0 aliphatic heterocycles. The number of hydrogen-bond acceptors (Lipinski definition) is 8. The molecular weight excluding hydrogens is 1200 g/mol. The van der Waals surface area contributed by atoms with Crippen LogP contribution >= 0.6 is 0 Å². The lowest BCUT2D eigenvalue weighted by Crippen LogP contribution is -2.44. The Labute approximate surface area is 599 Å². The minimum atomic E-state index is -1.63. The van der Waals surface area contributed by atoms with Gasteiger partial charge in [-0.25, -0.2) is 0 Å². The number of ether oxygens (including phenoxy) is 4. The van der Waals surface area contributed by atoms with E-state index in [1.807, 2.05) is 21.1 Å². The van der Waals surface area contributed by atoms with Gasteiger partial charge in [-0.05, 0) is 109 Å². The van der Waals surface area contributed by atoms with E-state index in [1.54, 1.807) is 0 Å². The van der Waals surface area contributed by atoms with Crippen LogP contribution in [0.3, 0.4) is 0 Å². The minimum absolute atomic E-state index is 0.145. The summed E-state index contributed by atoms with van der Waals surface area (Å²) in [6.45, 7) is 4.56. The van der Waals surface area contributed by atoms with E-state index < -0.39 is 24.3 Å². The molecule has 0 heterocycles. The number of esters is 2. The van der Waals surface area contributed by atoms with Crippen molar-refractivity contribution in [2.45, 2.75) is 360 Å². The van der Waals surface area contributed by atoms with Crippen molar-refractivity contribution in [2.24, 2.45) is 0 Å². The first-order valence-electron chi connectivity index (χ1n) is 40.3. The summed E-state index contributed by atoms with van der Waals surface area (Å²) >= 11 is 0. The molecule has 9 heteroatoms. The van der Waals surface area contributed by atoms with E-state index >= 15 is 0 Å². The molecule has 0 rings (SSSR count). The van der Waals surface area contributed by atoms with E-state index in [0.717, 1.165) is 109 Å². The van der Waals surface area contributed by atoms with Gasteiger partial charge in [0.25, 0.3) is 0 Å². The monoisotopic (exact) mass is 1350 g/mol. The molecule has 0 saturated carbocycles. The van der Waals surface area contributed by atoms with Gasteiger partial charge in [0.1, 0.15) is 13.2 Å². The highest BCUT2D eigenvalue weighted by molar-refractivity contribution is 5.70. The number of carbonyl (C=O) groups excluding carboxylic acids is 3. The van der Waals surface area contributed by atoms with Gasteiger partial charge in [0.15, 0.2) is 12.4 Å². The number of likely N-dealkylation sites (N-methyl/N-ethyl adjacent to an activating group) is 1. The second kappa shape index (κ2) is 77.2. The van der Waals surface area contributed by atoms with Crippen LogP contribution in [-0.2, 0) is 33.3 Å². The van der Waals surface area contributed by atoms with Gasteiger partial charge in [-0.15, -0.1) is 0 Å². The minimum Gasteiger partial charge on any atom is -0.545 e. The van der Waals surface area contributed by atoms with E-state index in [4.69, 9.17) is 18.9 Å². The molecule has 0 aromatic rings. The number of aliphatic carboxylic acids is 1. The highest BCUT2D eigenvalue weighted by Gasteiger charge is 2.22. The Kier molecular flexibility index (Phi) is 73.5. The Bertz CT molecular complexity index is 2060. The van der Waals surface area contributed by atoms with Gasteiger partial charge in [0, 0.05) is 12.8 Å². The molecule has 0 aromatic carbocycles. The zero-order valence-corrected chi connectivity index (χ0v) is 63.7. The summed E-state index contributed by atoms with van der Waals surface area (Å²) in [6, 6.07) is 0. The molecule has 9 nitrogen and oxygen atoms in total. The van der Waals surface area contributed by atoms with Crippen LogP contribution in [-0.4, -0.2) is 82.3 Å². The molecule has 0 fully saturated rings. The van der Waals surface area contributed by atoms with Crippen LogP contribution in [0.1, 0.15) is 348 Å². The van der Waals surface area contributed by atoms with Crippen molar-refractivity contribution >= 4 is 17.9 Å². The summed E-state index contributed by atoms with van der Waals surface area (Å²) in [6.07, 6.45) is 109. The van der Waals surface area contributed by atoms with Crippen LogP contribution < -0.4 is 5.11 Å². The maximum absolute atomic E-state index is 13.0. The SMILES string of the molecule is CC/C=C\C/C=C\C/C=C\C/C=C\C/C=C\C/C=C\C/C=C\CCCCCCCCCCCCCCCCCC(=O)OC(COC(=O)CCCCCCCCCCCCCCCCCCCCCCCC/C=C\C/C=C\C/C=C\C/C=C\CC)COC(OCC[N+](C)(C)C)C(=O)[O-]. The van der Waals surface area contributed by atoms with Gasteiger partial charge in [0.05, 0.1) is 40.3 Å². The van der Waals surface area contributed by atoms with Gasteiger partial charge in [-0.2, -0.15) is 0 Å². The lowest BCUT2D eigenvalue weighted by Gasteiger charge is -2.26. The molecule has 0 aliphatic rings. The van der Waals surface area contributed by atoms with E-state index in [2.05, 4.69) is 148 Å². The zero-order chi connectivity index (χ0) is 70.4. The summed E-state index contributed by atoms with van der Waals surface area (Å²) in [4.78, 5) is 37.6. The summed E-state index contributed by atoms with van der Waals surface area (Å²) in [5.74, 6) is -2.27. The number of carboxylic acid groups (broad SMARTS) is 1. The lowest BCUT2D eigenvalue weighted by molar-refractivity contribution is -0.870. The van der Waals surface area contributed by atoms with Crippen molar-refractivity contribution < 1.29 is 42.9 Å². The first-order chi connectivity index (χ1) is 47.6. The molecule has 2 atom stereocenters. The fraction of sp³-hybridized carbons (Fsp3) is 0.716. The summed E-state index contributed by atoms with van der Waals surface area (Å²) in [5, 5.41) is 11.9. The summed E-state index contributed by atoms with van der Waals surface area (Å²) in [7, 11) is 5.94. The van der Waals surface area contributed by atoms with E-state index in [0.29, 0.717) is 23.9 Å². The van der Waals surface area contributed by atoms with Crippen LogP contribution in [0.5, 0.6) is 0 Å². The Hall–Kier alpha value is -4.57. The Morgan fingerprint density at radius 1 is 0.309 bits per heavy atom. The predicted molar refractivity (Wildman–Crippen MR) is 416 cm³/mol. The molecule has 0 saturated heterocycles. The highest BCUT2D eigenvalue weighted by atomic mass is 16.7. The molecular formula is C88H151NO8. The van der Waals surface area contributed by atoms with Crippen molar-refractivity contribution in [3.63, 3.8) is 0 Å². The normalized spacial score (nSPS) is 13.4. The molecule has 0 amide bonds. The van der Waals surface area contributed by atoms with E-state index in [9.17, 15) is 19.5 Å². The maximum Gasteiger partial charge on any atom is 0.306 e. The fourth-order valence-corrected chi connectivity index (χ4v) is 11.3. The van der Waals surface area contributed by atoms with Crippen LogP contribution in [0, 0.1) is 0 Å². The predicted octanol–water partition coefficient (Wildman–Crippen LogP) is 24.7. The smallest absolute Gasteiger partial charge is 0.306 e. The topological polar surface area (TPSA) is 111 Å². The maximum atomic E-state index is 13.0. The standard InChI is InChI=1S/C88H151NO8/c1-6-8-10-12-14-16-18-20-22-24-26-28-30-32-34-36-38-40-42-43-45-47-49-51-53-55-57-59-61-63-65-67-69-71-73-75-77-79-86(91)97-84(83-96-88(87(92)93)94-81-80-89(3,4)5)82-95-85(90)78-76-74-72-70-68-66-64-62-60-58-56-54-52-50-48-46-44-41-39-37-35-33-31-29-27-25-23-21-19-17-15-13-11-9-7-2/h8-11,14-17,20-23,26-29,32,34,38,40,43,45,84,88H,6-7,12-13,18-19,24-25,30-31,33,35-37,39,41-42,44,46-83H2,1-5H3/b10-8-,11-9-,16-14-,17-15-,22-20-,23-21-,28-26-,29-27-,34-32-,40-38-,45-43-. The van der Waals surface area contributed by atoms with Gasteiger partial charge in [-0.3, -0.25) is 9.59 Å². The van der Waals surface area contributed by atoms with Crippen LogP contribution in [0.2, 0.25) is 0 Å². The average Bonchev–Trinajstić information content (AvgIpc) is 3.11. The Morgan fingerprint density at radius 2 is 0.557 bits per heavy atom. The van der Waals surface area contributed by atoms with Gasteiger partial charge in [0.2, 0.25) is 0 Å². The third-order valence-corrected chi connectivity index (χ3v) is 17.4. The number of carbonyl (C=O) groups is 3. The van der Waals surface area contributed by atoms with Crippen molar-refractivity contribution in [3.05, 3.63) is 134 Å². The number of quaternary nitrogens is 1. The highest BCUT2D eigenvalue weighted by Crippen LogP contribution is 2.19. The fourth-order valence-electron chi connectivity index (χ4n) is 11.3. The molecule has 0 bridgehead atoms. The first-order valence-corrected chi connectivity index (χ1v) is 40.3. The second-order valence-corrected chi connectivity index (χ2v) is 27.9. The molecule has 97 heavy (non-hydrogen) atoms. The molecule has 2 unspecified atom stereocenters. The molecule has 556 valence electrons. The number of rotatable bonds is 74. The molecule has 0 radical (unpaired) electrons. The number of unbranched alkanes of at least 4 members (excludes halogenated alkanes) is 37.